The molecule has 0 fully saturated rings. The minimum Gasteiger partial charge on any atom is -0.497 e. The average molecular weight is 348 g/mol. The van der Waals surface area contributed by atoms with E-state index in [-0.39, 0.29) is 11.3 Å². The van der Waals surface area contributed by atoms with Crippen molar-refractivity contribution < 1.29 is 13.5 Å². The Hall–Kier alpha value is -2.48. The number of tetrazole rings is 1. The zero-order valence-electron chi connectivity index (χ0n) is 12.8. The fourth-order valence-corrected chi connectivity index (χ4v) is 2.96. The Morgan fingerprint density at radius 2 is 1.92 bits per heavy atom. The highest BCUT2D eigenvalue weighted by Crippen LogP contribution is 2.23. The van der Waals surface area contributed by atoms with E-state index in [1.807, 2.05) is 24.3 Å². The van der Waals surface area contributed by atoms with Crippen molar-refractivity contribution in [3.63, 3.8) is 0 Å². The topological polar surface area (TPSA) is 52.8 Å². The molecule has 0 N–H and O–H groups in total. The molecule has 0 atom stereocenters. The molecule has 0 spiro atoms. The van der Waals surface area contributed by atoms with E-state index in [1.165, 1.54) is 17.8 Å². The number of benzene rings is 2. The van der Waals surface area contributed by atoms with E-state index in [2.05, 4.69) is 15.5 Å². The Bertz CT molecular complexity index is 823. The van der Waals surface area contributed by atoms with Crippen LogP contribution in [0.15, 0.2) is 47.6 Å². The number of aromatic nitrogens is 4. The van der Waals surface area contributed by atoms with Crippen molar-refractivity contribution >= 4 is 11.8 Å². The van der Waals surface area contributed by atoms with Crippen molar-refractivity contribution in [1.82, 2.24) is 20.2 Å². The quantitative estimate of drug-likeness (QED) is 0.640. The van der Waals surface area contributed by atoms with Gasteiger partial charge < -0.3 is 4.74 Å². The molecule has 3 rings (SSSR count). The van der Waals surface area contributed by atoms with Gasteiger partial charge in [0.1, 0.15) is 5.75 Å². The molecule has 8 heteroatoms. The highest BCUT2D eigenvalue weighted by atomic mass is 32.2. The van der Waals surface area contributed by atoms with E-state index in [0.29, 0.717) is 11.7 Å². The molecular formula is C16H14F2N4OS. The van der Waals surface area contributed by atoms with E-state index >= 15 is 0 Å². The van der Waals surface area contributed by atoms with Gasteiger partial charge in [-0.2, -0.15) is 0 Å². The first kappa shape index (κ1) is 16.4. The predicted octanol–water partition coefficient (Wildman–Crippen LogP) is 3.30. The lowest BCUT2D eigenvalue weighted by Crippen LogP contribution is -2.04. The lowest BCUT2D eigenvalue weighted by atomic mass is 10.2. The summed E-state index contributed by atoms with van der Waals surface area (Å²) in [5, 5.41) is 12.1. The highest BCUT2D eigenvalue weighted by molar-refractivity contribution is 7.98. The molecule has 0 bridgehead atoms. The normalized spacial score (nSPS) is 10.8. The smallest absolute Gasteiger partial charge is 0.209 e. The van der Waals surface area contributed by atoms with E-state index in [4.69, 9.17) is 4.74 Å². The van der Waals surface area contributed by atoms with Crippen molar-refractivity contribution in [2.45, 2.75) is 17.5 Å². The standard InChI is InChI=1S/C16H14F2N4OS/c1-23-13-7-5-11(6-8-13)9-22-16(19-20-21-22)24-10-12-3-2-4-14(17)15(12)18/h2-8H,9-10H2,1H3. The summed E-state index contributed by atoms with van der Waals surface area (Å²) in [5.74, 6) is -0.677. The molecule has 0 saturated carbocycles. The molecule has 0 unspecified atom stereocenters. The van der Waals surface area contributed by atoms with Crippen molar-refractivity contribution in [3.8, 4) is 5.75 Å². The third kappa shape index (κ3) is 3.70. The molecule has 0 aliphatic heterocycles. The maximum Gasteiger partial charge on any atom is 0.209 e. The molecule has 0 aliphatic carbocycles. The van der Waals surface area contributed by atoms with Gasteiger partial charge in [0.25, 0.3) is 0 Å². The van der Waals surface area contributed by atoms with Crippen LogP contribution in [-0.2, 0) is 12.3 Å². The number of thioether (sulfide) groups is 1. The van der Waals surface area contributed by atoms with Gasteiger partial charge in [-0.1, -0.05) is 36.0 Å². The van der Waals surface area contributed by atoms with Crippen LogP contribution in [0.1, 0.15) is 11.1 Å². The summed E-state index contributed by atoms with van der Waals surface area (Å²) in [6.45, 7) is 0.477. The van der Waals surface area contributed by atoms with Gasteiger partial charge in [0, 0.05) is 11.3 Å². The van der Waals surface area contributed by atoms with Gasteiger partial charge in [0.2, 0.25) is 5.16 Å². The van der Waals surface area contributed by atoms with Crippen LogP contribution < -0.4 is 4.74 Å². The fraction of sp³-hybridized carbons (Fsp3) is 0.188. The molecule has 124 valence electrons. The maximum absolute atomic E-state index is 13.7. The number of halogens is 2. The zero-order chi connectivity index (χ0) is 16.9. The van der Waals surface area contributed by atoms with Crippen LogP contribution in [0.4, 0.5) is 8.78 Å². The average Bonchev–Trinajstić information content (AvgIpc) is 3.04. The largest absolute Gasteiger partial charge is 0.497 e. The molecule has 0 radical (unpaired) electrons. The van der Waals surface area contributed by atoms with Gasteiger partial charge in [-0.05, 0) is 34.2 Å². The minimum absolute atomic E-state index is 0.243. The number of rotatable bonds is 6. The monoisotopic (exact) mass is 348 g/mol. The number of nitrogens with zero attached hydrogens (tertiary/aromatic N) is 4. The Kier molecular flexibility index (Phi) is 5.05. The summed E-state index contributed by atoms with van der Waals surface area (Å²) in [6.07, 6.45) is 0. The van der Waals surface area contributed by atoms with Crippen LogP contribution in [0.3, 0.4) is 0 Å². The summed E-state index contributed by atoms with van der Waals surface area (Å²) >= 11 is 1.25. The molecule has 1 aromatic heterocycles. The third-order valence-electron chi connectivity index (χ3n) is 3.38. The summed E-state index contributed by atoms with van der Waals surface area (Å²) in [6, 6.07) is 11.7. The Balaban J connectivity index is 1.69. The first-order valence-corrected chi connectivity index (χ1v) is 8.10. The van der Waals surface area contributed by atoms with Gasteiger partial charge in [0.15, 0.2) is 11.6 Å². The molecule has 3 aromatic rings. The molecular weight excluding hydrogens is 334 g/mol. The molecule has 24 heavy (non-hydrogen) atoms. The lowest BCUT2D eigenvalue weighted by molar-refractivity contribution is 0.414. The Morgan fingerprint density at radius 1 is 1.12 bits per heavy atom. The fourth-order valence-electron chi connectivity index (χ4n) is 2.11. The van der Waals surface area contributed by atoms with Crippen molar-refractivity contribution in [2.24, 2.45) is 0 Å². The molecule has 0 amide bonds. The summed E-state index contributed by atoms with van der Waals surface area (Å²) in [4.78, 5) is 0. The van der Waals surface area contributed by atoms with Gasteiger partial charge in [-0.25, -0.2) is 13.5 Å². The van der Waals surface area contributed by atoms with E-state index in [1.54, 1.807) is 17.9 Å². The minimum atomic E-state index is -0.856. The van der Waals surface area contributed by atoms with Crippen LogP contribution in [0.5, 0.6) is 5.75 Å². The van der Waals surface area contributed by atoms with Crippen molar-refractivity contribution in [3.05, 3.63) is 65.2 Å². The predicted molar refractivity (Wildman–Crippen MR) is 85.8 cm³/mol. The molecule has 2 aromatic carbocycles. The highest BCUT2D eigenvalue weighted by Gasteiger charge is 2.12. The number of methoxy groups -OCH3 is 1. The lowest BCUT2D eigenvalue weighted by Gasteiger charge is -2.06. The number of hydrogen-bond donors (Lipinski definition) is 0. The van der Waals surface area contributed by atoms with Crippen LogP contribution in [0.2, 0.25) is 0 Å². The van der Waals surface area contributed by atoms with Crippen LogP contribution in [-0.4, -0.2) is 27.3 Å². The zero-order valence-corrected chi connectivity index (χ0v) is 13.6. The summed E-state index contributed by atoms with van der Waals surface area (Å²) in [7, 11) is 1.61. The number of ether oxygens (including phenoxy) is 1. The van der Waals surface area contributed by atoms with Gasteiger partial charge in [0.05, 0.1) is 13.7 Å². The SMILES string of the molecule is COc1ccc(Cn2nnnc2SCc2cccc(F)c2F)cc1. The third-order valence-corrected chi connectivity index (χ3v) is 4.38. The summed E-state index contributed by atoms with van der Waals surface area (Å²) in [5.41, 5.74) is 1.28. The van der Waals surface area contributed by atoms with Crippen molar-refractivity contribution in [2.75, 3.05) is 7.11 Å². The van der Waals surface area contributed by atoms with Gasteiger partial charge in [-0.3, -0.25) is 0 Å². The summed E-state index contributed by atoms with van der Waals surface area (Å²) < 4.78 is 33.7. The number of hydrogen-bond acceptors (Lipinski definition) is 5. The molecule has 1 heterocycles. The Morgan fingerprint density at radius 3 is 2.67 bits per heavy atom. The maximum atomic E-state index is 13.7. The van der Waals surface area contributed by atoms with Crippen LogP contribution >= 0.6 is 11.8 Å². The second kappa shape index (κ2) is 7.39. The van der Waals surface area contributed by atoms with E-state index < -0.39 is 11.6 Å². The molecule has 0 saturated heterocycles. The van der Waals surface area contributed by atoms with Gasteiger partial charge in [-0.15, -0.1) is 5.10 Å². The van der Waals surface area contributed by atoms with E-state index in [9.17, 15) is 8.78 Å². The second-order valence-electron chi connectivity index (χ2n) is 4.97. The van der Waals surface area contributed by atoms with Gasteiger partial charge >= 0.3 is 0 Å². The van der Waals surface area contributed by atoms with Crippen LogP contribution in [0, 0.1) is 11.6 Å². The van der Waals surface area contributed by atoms with Crippen LogP contribution in [0.25, 0.3) is 0 Å². The molecule has 0 aliphatic rings. The first-order valence-electron chi connectivity index (χ1n) is 7.12. The molecule has 5 nitrogen and oxygen atoms in total. The Labute approximate surface area is 141 Å². The first-order chi connectivity index (χ1) is 11.7. The van der Waals surface area contributed by atoms with Crippen molar-refractivity contribution in [1.29, 1.82) is 0 Å². The second-order valence-corrected chi connectivity index (χ2v) is 5.91. The van der Waals surface area contributed by atoms with E-state index in [0.717, 1.165) is 17.4 Å².